The molecule has 1 aromatic rings. The summed E-state index contributed by atoms with van der Waals surface area (Å²) in [6, 6.07) is 5.99. The summed E-state index contributed by atoms with van der Waals surface area (Å²) in [6.45, 7) is 0.642. The van der Waals surface area contributed by atoms with E-state index < -0.39 is 0 Å². The first-order chi connectivity index (χ1) is 7.16. The Morgan fingerprint density at radius 2 is 2.13 bits per heavy atom. The summed E-state index contributed by atoms with van der Waals surface area (Å²) >= 11 is 3.28. The number of benzene rings is 1. The molecule has 3 nitrogen and oxygen atoms in total. The molecule has 0 saturated heterocycles. The molecule has 0 unspecified atom stereocenters. The highest BCUT2D eigenvalue weighted by atomic mass is 79.9. The van der Waals surface area contributed by atoms with Crippen LogP contribution in [-0.2, 0) is 6.54 Å². The van der Waals surface area contributed by atoms with Crippen molar-refractivity contribution in [3.63, 3.8) is 0 Å². The molecule has 0 heterocycles. The number of hydrogen-bond donors (Lipinski definition) is 3. The number of hydrogen-bond acceptors (Lipinski definition) is 3. The van der Waals surface area contributed by atoms with Crippen LogP contribution in [0.1, 0.15) is 18.4 Å². The molecular formula is C11H14BrNO2. The lowest BCUT2D eigenvalue weighted by atomic mass is 9.89. The van der Waals surface area contributed by atoms with E-state index in [9.17, 15) is 5.11 Å². The van der Waals surface area contributed by atoms with Crippen molar-refractivity contribution in [2.24, 2.45) is 0 Å². The molecule has 0 aliphatic heterocycles. The highest BCUT2D eigenvalue weighted by molar-refractivity contribution is 9.10. The van der Waals surface area contributed by atoms with Crippen LogP contribution in [0, 0.1) is 0 Å². The molecule has 82 valence electrons. The Bertz CT molecular complexity index is 350. The van der Waals surface area contributed by atoms with Gasteiger partial charge in [-0.1, -0.05) is 12.1 Å². The summed E-state index contributed by atoms with van der Waals surface area (Å²) in [4.78, 5) is 0. The SMILES string of the molecule is Oc1c(Br)cccc1CNC1CC(O)C1. The van der Waals surface area contributed by atoms with Gasteiger partial charge < -0.3 is 15.5 Å². The maximum atomic E-state index is 9.72. The van der Waals surface area contributed by atoms with Crippen LogP contribution in [0.2, 0.25) is 0 Å². The van der Waals surface area contributed by atoms with Crippen molar-refractivity contribution in [1.82, 2.24) is 5.32 Å². The largest absolute Gasteiger partial charge is 0.506 e. The predicted molar refractivity (Wildman–Crippen MR) is 61.7 cm³/mol. The van der Waals surface area contributed by atoms with E-state index in [4.69, 9.17) is 5.11 Å². The lowest BCUT2D eigenvalue weighted by molar-refractivity contribution is 0.0619. The van der Waals surface area contributed by atoms with Crippen molar-refractivity contribution in [3.05, 3.63) is 28.2 Å². The quantitative estimate of drug-likeness (QED) is 0.786. The molecule has 1 aliphatic carbocycles. The summed E-state index contributed by atoms with van der Waals surface area (Å²) in [5.41, 5.74) is 0.880. The van der Waals surface area contributed by atoms with Crippen LogP contribution < -0.4 is 5.32 Å². The smallest absolute Gasteiger partial charge is 0.134 e. The lowest BCUT2D eigenvalue weighted by Gasteiger charge is -2.32. The van der Waals surface area contributed by atoms with E-state index in [0.717, 1.165) is 22.9 Å². The zero-order valence-electron chi connectivity index (χ0n) is 8.28. The van der Waals surface area contributed by atoms with Gasteiger partial charge in [0.15, 0.2) is 0 Å². The van der Waals surface area contributed by atoms with Gasteiger partial charge >= 0.3 is 0 Å². The first-order valence-corrected chi connectivity index (χ1v) is 5.84. The number of aromatic hydroxyl groups is 1. The highest BCUT2D eigenvalue weighted by Gasteiger charge is 2.26. The third-order valence-corrected chi connectivity index (χ3v) is 3.40. The first kappa shape index (κ1) is 10.9. The number of phenolic OH excluding ortho intramolecular Hbond substituents is 1. The van der Waals surface area contributed by atoms with Gasteiger partial charge in [0, 0.05) is 18.2 Å². The number of phenols is 1. The molecule has 0 spiro atoms. The molecule has 0 radical (unpaired) electrons. The fourth-order valence-electron chi connectivity index (χ4n) is 1.71. The number of nitrogens with one attached hydrogen (secondary N) is 1. The molecule has 0 aromatic heterocycles. The normalized spacial score (nSPS) is 24.9. The van der Waals surface area contributed by atoms with Crippen LogP contribution in [0.5, 0.6) is 5.75 Å². The third kappa shape index (κ3) is 2.51. The average Bonchev–Trinajstić information content (AvgIpc) is 2.17. The second-order valence-corrected chi connectivity index (χ2v) is 4.80. The Morgan fingerprint density at radius 3 is 2.80 bits per heavy atom. The number of halogens is 1. The number of rotatable bonds is 3. The Balaban J connectivity index is 1.91. The van der Waals surface area contributed by atoms with Gasteiger partial charge in [0.05, 0.1) is 10.6 Å². The molecule has 1 aromatic carbocycles. The average molecular weight is 272 g/mol. The maximum Gasteiger partial charge on any atom is 0.134 e. The van der Waals surface area contributed by atoms with E-state index in [1.54, 1.807) is 0 Å². The topological polar surface area (TPSA) is 52.5 Å². The minimum atomic E-state index is -0.140. The van der Waals surface area contributed by atoms with Gasteiger partial charge in [0.1, 0.15) is 5.75 Å². The summed E-state index contributed by atoms with van der Waals surface area (Å²) in [5.74, 6) is 0.296. The molecule has 3 N–H and O–H groups in total. The molecule has 1 saturated carbocycles. The number of aliphatic hydroxyl groups excluding tert-OH is 1. The molecule has 0 atom stereocenters. The van der Waals surface area contributed by atoms with Crippen LogP contribution in [0.4, 0.5) is 0 Å². The van der Waals surface area contributed by atoms with Crippen LogP contribution >= 0.6 is 15.9 Å². The third-order valence-electron chi connectivity index (χ3n) is 2.76. The van der Waals surface area contributed by atoms with Crippen molar-refractivity contribution in [1.29, 1.82) is 0 Å². The van der Waals surface area contributed by atoms with Crippen molar-refractivity contribution in [3.8, 4) is 5.75 Å². The van der Waals surface area contributed by atoms with Crippen LogP contribution in [0.25, 0.3) is 0 Å². The van der Waals surface area contributed by atoms with Crippen molar-refractivity contribution in [2.45, 2.75) is 31.5 Å². The van der Waals surface area contributed by atoms with Gasteiger partial charge in [-0.05, 0) is 34.8 Å². The minimum Gasteiger partial charge on any atom is -0.506 e. The second-order valence-electron chi connectivity index (χ2n) is 3.95. The second kappa shape index (κ2) is 4.51. The van der Waals surface area contributed by atoms with Crippen LogP contribution in [0.15, 0.2) is 22.7 Å². The zero-order valence-corrected chi connectivity index (χ0v) is 9.87. The van der Waals surface area contributed by atoms with Crippen LogP contribution in [0.3, 0.4) is 0 Å². The van der Waals surface area contributed by atoms with Gasteiger partial charge in [-0.3, -0.25) is 0 Å². The molecular weight excluding hydrogens is 258 g/mol. The van der Waals surface area contributed by atoms with Crippen molar-refractivity contribution < 1.29 is 10.2 Å². The van der Waals surface area contributed by atoms with E-state index in [1.807, 2.05) is 18.2 Å². The van der Waals surface area contributed by atoms with Gasteiger partial charge in [-0.15, -0.1) is 0 Å². The fraction of sp³-hybridized carbons (Fsp3) is 0.455. The zero-order chi connectivity index (χ0) is 10.8. The Labute approximate surface area is 97.3 Å². The van der Waals surface area contributed by atoms with E-state index in [2.05, 4.69) is 21.2 Å². The molecule has 1 aliphatic rings. The standard InChI is InChI=1S/C11H14BrNO2/c12-10-3-1-2-7(11(10)15)6-13-8-4-9(14)5-8/h1-3,8-9,13-15H,4-6H2. The molecule has 2 rings (SSSR count). The highest BCUT2D eigenvalue weighted by Crippen LogP contribution is 2.28. The van der Waals surface area contributed by atoms with E-state index in [0.29, 0.717) is 18.3 Å². The van der Waals surface area contributed by atoms with Crippen molar-refractivity contribution in [2.75, 3.05) is 0 Å². The summed E-state index contributed by atoms with van der Waals surface area (Å²) < 4.78 is 0.718. The Morgan fingerprint density at radius 1 is 1.40 bits per heavy atom. The minimum absolute atomic E-state index is 0.140. The maximum absolute atomic E-state index is 9.72. The predicted octanol–water partition coefficient (Wildman–Crippen LogP) is 1.77. The van der Waals surface area contributed by atoms with E-state index in [-0.39, 0.29) is 6.10 Å². The Hall–Kier alpha value is -0.580. The van der Waals surface area contributed by atoms with E-state index >= 15 is 0 Å². The van der Waals surface area contributed by atoms with Gasteiger partial charge in [0.2, 0.25) is 0 Å². The fourth-order valence-corrected chi connectivity index (χ4v) is 2.12. The molecule has 0 amide bonds. The van der Waals surface area contributed by atoms with Crippen molar-refractivity contribution >= 4 is 15.9 Å². The summed E-state index contributed by atoms with van der Waals surface area (Å²) in [6.07, 6.45) is 1.49. The number of para-hydroxylation sites is 1. The monoisotopic (exact) mass is 271 g/mol. The summed E-state index contributed by atoms with van der Waals surface area (Å²) in [5, 5.41) is 22.1. The van der Waals surface area contributed by atoms with E-state index in [1.165, 1.54) is 0 Å². The Kier molecular flexibility index (Phi) is 3.29. The van der Waals surface area contributed by atoms with Gasteiger partial charge in [-0.2, -0.15) is 0 Å². The molecule has 15 heavy (non-hydrogen) atoms. The molecule has 0 bridgehead atoms. The first-order valence-electron chi connectivity index (χ1n) is 5.04. The molecule has 4 heteroatoms. The lowest BCUT2D eigenvalue weighted by Crippen LogP contribution is -2.43. The van der Waals surface area contributed by atoms with Gasteiger partial charge in [0.25, 0.3) is 0 Å². The molecule has 1 fully saturated rings. The van der Waals surface area contributed by atoms with Gasteiger partial charge in [-0.25, -0.2) is 0 Å². The summed E-state index contributed by atoms with van der Waals surface area (Å²) in [7, 11) is 0. The van der Waals surface area contributed by atoms with Crippen LogP contribution in [-0.4, -0.2) is 22.4 Å². The number of aliphatic hydroxyl groups is 1.